The molecule has 0 bridgehead atoms. The Morgan fingerprint density at radius 3 is 2.84 bits per heavy atom. The second-order valence-electron chi connectivity index (χ2n) is 4.34. The van der Waals surface area contributed by atoms with Gasteiger partial charge in [0.2, 0.25) is 0 Å². The van der Waals surface area contributed by atoms with E-state index in [2.05, 4.69) is 24.0 Å². The van der Waals surface area contributed by atoms with Gasteiger partial charge in [-0.1, -0.05) is 42.1 Å². The lowest BCUT2D eigenvalue weighted by Gasteiger charge is -2.15. The van der Waals surface area contributed by atoms with E-state index in [1.54, 1.807) is 6.20 Å². The Hall–Kier alpha value is -1.75. The highest BCUT2D eigenvalue weighted by Gasteiger charge is 2.12. The van der Waals surface area contributed by atoms with Gasteiger partial charge in [0.25, 0.3) is 0 Å². The van der Waals surface area contributed by atoms with Crippen molar-refractivity contribution in [1.82, 2.24) is 9.55 Å². The van der Waals surface area contributed by atoms with Gasteiger partial charge in [0.05, 0.1) is 5.75 Å². The first-order chi connectivity index (χ1) is 9.16. The molecular weight excluding hydrogens is 260 g/mol. The van der Waals surface area contributed by atoms with Gasteiger partial charge < -0.3 is 9.67 Å². The van der Waals surface area contributed by atoms with E-state index < -0.39 is 5.97 Å². The van der Waals surface area contributed by atoms with Crippen LogP contribution in [-0.2, 0) is 11.2 Å². The predicted molar refractivity (Wildman–Crippen MR) is 75.4 cm³/mol. The van der Waals surface area contributed by atoms with Crippen LogP contribution >= 0.6 is 11.8 Å². The highest BCUT2D eigenvalue weighted by molar-refractivity contribution is 7.99. The molecule has 1 heterocycles. The number of rotatable bonds is 6. The standard InChI is InChI=1S/C14H16N2O2S/c1-11(9-12-5-3-2-4-6-12)16-8-7-15-14(16)19-10-13(17)18/h2-8,11H,9-10H2,1H3,(H,17,18). The number of carboxylic acid groups (broad SMARTS) is 1. The average molecular weight is 276 g/mol. The van der Waals surface area contributed by atoms with Gasteiger partial charge in [-0.3, -0.25) is 4.79 Å². The molecule has 0 saturated heterocycles. The zero-order chi connectivity index (χ0) is 13.7. The van der Waals surface area contributed by atoms with Crippen LogP contribution < -0.4 is 0 Å². The van der Waals surface area contributed by atoms with Crippen molar-refractivity contribution in [3.05, 3.63) is 48.3 Å². The number of imidazole rings is 1. The third-order valence-electron chi connectivity index (χ3n) is 2.81. The van der Waals surface area contributed by atoms with E-state index in [0.29, 0.717) is 0 Å². The van der Waals surface area contributed by atoms with Gasteiger partial charge in [-0.2, -0.15) is 0 Å². The number of aliphatic carboxylic acids is 1. The quantitative estimate of drug-likeness (QED) is 0.824. The lowest BCUT2D eigenvalue weighted by molar-refractivity contribution is -0.133. The molecule has 19 heavy (non-hydrogen) atoms. The molecule has 1 unspecified atom stereocenters. The Morgan fingerprint density at radius 2 is 2.16 bits per heavy atom. The number of benzene rings is 1. The molecule has 0 saturated carbocycles. The first-order valence-electron chi connectivity index (χ1n) is 6.08. The van der Waals surface area contributed by atoms with Crippen LogP contribution in [0.3, 0.4) is 0 Å². The summed E-state index contributed by atoms with van der Waals surface area (Å²) in [4.78, 5) is 14.8. The first-order valence-corrected chi connectivity index (χ1v) is 7.06. The molecular formula is C14H16N2O2S. The number of thioether (sulfide) groups is 1. The Labute approximate surface area is 116 Å². The van der Waals surface area contributed by atoms with E-state index in [0.717, 1.165) is 11.6 Å². The van der Waals surface area contributed by atoms with Crippen molar-refractivity contribution >= 4 is 17.7 Å². The largest absolute Gasteiger partial charge is 0.481 e. The number of aromatic nitrogens is 2. The summed E-state index contributed by atoms with van der Waals surface area (Å²) in [5.74, 6) is -0.787. The fourth-order valence-corrected chi connectivity index (χ4v) is 2.70. The van der Waals surface area contributed by atoms with Crippen LogP contribution in [-0.4, -0.2) is 26.4 Å². The summed E-state index contributed by atoms with van der Waals surface area (Å²) in [5.41, 5.74) is 1.26. The molecule has 1 aromatic heterocycles. The summed E-state index contributed by atoms with van der Waals surface area (Å²) in [7, 11) is 0. The van der Waals surface area contributed by atoms with Gasteiger partial charge in [-0.15, -0.1) is 0 Å². The Morgan fingerprint density at radius 1 is 1.42 bits per heavy atom. The van der Waals surface area contributed by atoms with Gasteiger partial charge in [0, 0.05) is 18.4 Å². The van der Waals surface area contributed by atoms with Crippen molar-refractivity contribution < 1.29 is 9.90 Å². The van der Waals surface area contributed by atoms with Crippen LogP contribution in [0.15, 0.2) is 47.9 Å². The lowest BCUT2D eigenvalue weighted by Crippen LogP contribution is -2.09. The number of carboxylic acids is 1. The first kappa shape index (κ1) is 13.7. The smallest absolute Gasteiger partial charge is 0.313 e. The molecule has 1 N–H and O–H groups in total. The Balaban J connectivity index is 2.05. The third-order valence-corrected chi connectivity index (χ3v) is 3.77. The van der Waals surface area contributed by atoms with E-state index in [1.165, 1.54) is 17.3 Å². The van der Waals surface area contributed by atoms with E-state index in [4.69, 9.17) is 5.11 Å². The predicted octanol–water partition coefficient (Wildman–Crippen LogP) is 2.86. The van der Waals surface area contributed by atoms with Crippen molar-refractivity contribution in [1.29, 1.82) is 0 Å². The molecule has 5 heteroatoms. The average Bonchev–Trinajstić information content (AvgIpc) is 2.86. The SMILES string of the molecule is CC(Cc1ccccc1)n1ccnc1SCC(=O)O. The van der Waals surface area contributed by atoms with Crippen molar-refractivity contribution in [2.45, 2.75) is 24.5 Å². The van der Waals surface area contributed by atoms with Gasteiger partial charge >= 0.3 is 5.97 Å². The van der Waals surface area contributed by atoms with Crippen LogP contribution in [0, 0.1) is 0 Å². The van der Waals surface area contributed by atoms with E-state index in [9.17, 15) is 4.79 Å². The van der Waals surface area contributed by atoms with Crippen LogP contribution in [0.5, 0.6) is 0 Å². The van der Waals surface area contributed by atoms with Crippen LogP contribution in [0.4, 0.5) is 0 Å². The van der Waals surface area contributed by atoms with E-state index in [1.807, 2.05) is 29.0 Å². The monoisotopic (exact) mass is 276 g/mol. The molecule has 0 radical (unpaired) electrons. The molecule has 1 atom stereocenters. The normalized spacial score (nSPS) is 12.3. The maximum atomic E-state index is 10.6. The summed E-state index contributed by atoms with van der Waals surface area (Å²) in [5, 5.41) is 9.47. The maximum Gasteiger partial charge on any atom is 0.313 e. The molecule has 0 spiro atoms. The zero-order valence-corrected chi connectivity index (χ0v) is 11.5. The third kappa shape index (κ3) is 3.86. The number of nitrogens with zero attached hydrogens (tertiary/aromatic N) is 2. The summed E-state index contributed by atoms with van der Waals surface area (Å²) in [6.07, 6.45) is 4.52. The van der Waals surface area contributed by atoms with Crippen LogP contribution in [0.2, 0.25) is 0 Å². The molecule has 100 valence electrons. The number of carbonyl (C=O) groups is 1. The van der Waals surface area contributed by atoms with Crippen LogP contribution in [0.25, 0.3) is 0 Å². The highest BCUT2D eigenvalue weighted by Crippen LogP contribution is 2.22. The number of hydrogen-bond donors (Lipinski definition) is 1. The molecule has 0 amide bonds. The van der Waals surface area contributed by atoms with Crippen molar-refractivity contribution in [3.63, 3.8) is 0 Å². The van der Waals surface area contributed by atoms with Gasteiger partial charge in [-0.25, -0.2) is 4.98 Å². The summed E-state index contributed by atoms with van der Waals surface area (Å²) < 4.78 is 2.03. The maximum absolute atomic E-state index is 10.6. The fourth-order valence-electron chi connectivity index (χ4n) is 1.93. The molecule has 0 fully saturated rings. The molecule has 0 aliphatic carbocycles. The minimum Gasteiger partial charge on any atom is -0.481 e. The Bertz CT molecular complexity index is 539. The highest BCUT2D eigenvalue weighted by atomic mass is 32.2. The number of hydrogen-bond acceptors (Lipinski definition) is 3. The topological polar surface area (TPSA) is 55.1 Å². The molecule has 1 aromatic carbocycles. The molecule has 0 aliphatic rings. The van der Waals surface area contributed by atoms with Gasteiger partial charge in [-0.05, 0) is 18.9 Å². The molecule has 2 rings (SSSR count). The lowest BCUT2D eigenvalue weighted by atomic mass is 10.1. The van der Waals surface area contributed by atoms with Crippen molar-refractivity contribution in [3.8, 4) is 0 Å². The molecule has 0 aliphatic heterocycles. The van der Waals surface area contributed by atoms with Gasteiger partial charge in [0.15, 0.2) is 5.16 Å². The second-order valence-corrected chi connectivity index (χ2v) is 5.28. The fraction of sp³-hybridized carbons (Fsp3) is 0.286. The second kappa shape index (κ2) is 6.43. The minimum atomic E-state index is -0.824. The van der Waals surface area contributed by atoms with Crippen molar-refractivity contribution in [2.24, 2.45) is 0 Å². The van der Waals surface area contributed by atoms with E-state index in [-0.39, 0.29) is 11.8 Å². The van der Waals surface area contributed by atoms with E-state index >= 15 is 0 Å². The summed E-state index contributed by atoms with van der Waals surface area (Å²) >= 11 is 1.25. The van der Waals surface area contributed by atoms with Gasteiger partial charge in [0.1, 0.15) is 0 Å². The van der Waals surface area contributed by atoms with Crippen molar-refractivity contribution in [2.75, 3.05) is 5.75 Å². The Kier molecular flexibility index (Phi) is 4.63. The van der Waals surface area contributed by atoms with Crippen LogP contribution in [0.1, 0.15) is 18.5 Å². The molecule has 2 aromatic rings. The zero-order valence-electron chi connectivity index (χ0n) is 10.7. The summed E-state index contributed by atoms with van der Waals surface area (Å²) in [6.45, 7) is 2.11. The summed E-state index contributed by atoms with van der Waals surface area (Å²) in [6, 6.07) is 10.5. The minimum absolute atomic E-state index is 0.0368. The molecule has 4 nitrogen and oxygen atoms in total.